The summed E-state index contributed by atoms with van der Waals surface area (Å²) in [5, 5.41) is 0.536. The Morgan fingerprint density at radius 1 is 1.38 bits per heavy atom. The molecule has 0 spiro atoms. The van der Waals surface area contributed by atoms with Gasteiger partial charge in [-0.2, -0.15) is 0 Å². The molecular weight excluding hydrogens is 182 g/mol. The van der Waals surface area contributed by atoms with Crippen LogP contribution in [0.1, 0.15) is 13.8 Å². The number of benzene rings is 1. The molecule has 2 nitrogen and oxygen atoms in total. The van der Waals surface area contributed by atoms with Gasteiger partial charge in [-0.1, -0.05) is 19.9 Å². The Kier molecular flexibility index (Phi) is 3.48. The number of thioether (sulfide) groups is 1. The van der Waals surface area contributed by atoms with Gasteiger partial charge in [0, 0.05) is 10.1 Å². The first-order valence-corrected chi connectivity index (χ1v) is 5.12. The van der Waals surface area contributed by atoms with Crippen LogP contribution in [0.25, 0.3) is 0 Å². The summed E-state index contributed by atoms with van der Waals surface area (Å²) in [6.07, 6.45) is 0. The maximum absolute atomic E-state index is 5.90. The zero-order valence-electron chi connectivity index (χ0n) is 8.20. The van der Waals surface area contributed by atoms with Crippen molar-refractivity contribution in [3.05, 3.63) is 18.2 Å². The smallest absolute Gasteiger partial charge is 0.142 e. The van der Waals surface area contributed by atoms with E-state index >= 15 is 0 Å². The first-order chi connectivity index (χ1) is 6.15. The molecule has 0 saturated heterocycles. The largest absolute Gasteiger partial charge is 0.495 e. The highest BCUT2D eigenvalue weighted by atomic mass is 32.2. The zero-order valence-corrected chi connectivity index (χ0v) is 9.02. The predicted octanol–water partition coefficient (Wildman–Crippen LogP) is 2.78. The molecule has 0 saturated carbocycles. The predicted molar refractivity (Wildman–Crippen MR) is 58.4 cm³/mol. The van der Waals surface area contributed by atoms with Crippen LogP contribution in [0.15, 0.2) is 23.1 Å². The van der Waals surface area contributed by atoms with Gasteiger partial charge in [-0.15, -0.1) is 11.8 Å². The highest BCUT2D eigenvalue weighted by Crippen LogP contribution is 2.34. The fourth-order valence-electron chi connectivity index (χ4n) is 1.06. The molecule has 72 valence electrons. The molecule has 0 unspecified atom stereocenters. The molecule has 0 atom stereocenters. The van der Waals surface area contributed by atoms with Gasteiger partial charge in [0.25, 0.3) is 0 Å². The van der Waals surface area contributed by atoms with Crippen molar-refractivity contribution in [2.45, 2.75) is 24.0 Å². The summed E-state index contributed by atoms with van der Waals surface area (Å²) in [5.74, 6) is 0.755. The quantitative estimate of drug-likeness (QED) is 0.598. The van der Waals surface area contributed by atoms with E-state index in [0.717, 1.165) is 16.3 Å². The highest BCUT2D eigenvalue weighted by Gasteiger charge is 2.06. The first kappa shape index (κ1) is 10.3. The van der Waals surface area contributed by atoms with Crippen LogP contribution >= 0.6 is 11.8 Å². The van der Waals surface area contributed by atoms with Gasteiger partial charge >= 0.3 is 0 Å². The topological polar surface area (TPSA) is 35.2 Å². The van der Waals surface area contributed by atoms with E-state index in [1.54, 1.807) is 18.9 Å². The number of methoxy groups -OCH3 is 1. The molecule has 0 aliphatic rings. The van der Waals surface area contributed by atoms with Gasteiger partial charge in [-0.25, -0.2) is 0 Å². The van der Waals surface area contributed by atoms with E-state index in [4.69, 9.17) is 10.5 Å². The minimum Gasteiger partial charge on any atom is -0.495 e. The third kappa shape index (κ3) is 2.56. The summed E-state index contributed by atoms with van der Waals surface area (Å²) in [4.78, 5) is 1.09. The lowest BCUT2D eigenvalue weighted by Crippen LogP contribution is -1.96. The second-order valence-electron chi connectivity index (χ2n) is 3.04. The number of para-hydroxylation sites is 1. The number of ether oxygens (including phenoxy) is 1. The standard InChI is InChI=1S/C10H15NOS/c1-7(2)13-9-6-4-5-8(12-3)10(9)11/h4-7H,11H2,1-3H3. The molecule has 0 amide bonds. The number of nitrogens with two attached hydrogens (primary N) is 1. The number of rotatable bonds is 3. The molecule has 0 radical (unpaired) electrons. The summed E-state index contributed by atoms with van der Waals surface area (Å²) in [6, 6.07) is 5.85. The van der Waals surface area contributed by atoms with Crippen molar-refractivity contribution in [3.63, 3.8) is 0 Å². The lowest BCUT2D eigenvalue weighted by molar-refractivity contribution is 0.416. The van der Waals surface area contributed by atoms with Gasteiger partial charge in [0.15, 0.2) is 0 Å². The number of hydrogen-bond donors (Lipinski definition) is 1. The van der Waals surface area contributed by atoms with Crippen molar-refractivity contribution in [3.8, 4) is 5.75 Å². The molecule has 2 N–H and O–H groups in total. The maximum Gasteiger partial charge on any atom is 0.142 e. The third-order valence-corrected chi connectivity index (χ3v) is 2.69. The van der Waals surface area contributed by atoms with Gasteiger partial charge < -0.3 is 10.5 Å². The first-order valence-electron chi connectivity index (χ1n) is 4.24. The van der Waals surface area contributed by atoms with Gasteiger partial charge in [-0.05, 0) is 12.1 Å². The number of hydrogen-bond acceptors (Lipinski definition) is 3. The lowest BCUT2D eigenvalue weighted by atomic mass is 10.3. The molecule has 0 bridgehead atoms. The molecule has 0 aromatic heterocycles. The van der Waals surface area contributed by atoms with E-state index < -0.39 is 0 Å². The van der Waals surface area contributed by atoms with Crippen molar-refractivity contribution >= 4 is 17.4 Å². The van der Waals surface area contributed by atoms with E-state index in [9.17, 15) is 0 Å². The van der Waals surface area contributed by atoms with Crippen molar-refractivity contribution in [2.75, 3.05) is 12.8 Å². The van der Waals surface area contributed by atoms with E-state index in [1.165, 1.54) is 0 Å². The zero-order chi connectivity index (χ0) is 9.84. The Morgan fingerprint density at radius 3 is 2.62 bits per heavy atom. The van der Waals surface area contributed by atoms with Crippen LogP contribution in [0, 0.1) is 0 Å². The molecule has 0 aliphatic heterocycles. The molecule has 0 fully saturated rings. The molecular formula is C10H15NOS. The second-order valence-corrected chi connectivity index (χ2v) is 4.66. The SMILES string of the molecule is COc1cccc(SC(C)C)c1N. The molecule has 1 aromatic carbocycles. The van der Waals surface area contributed by atoms with Crippen LogP contribution in [0.5, 0.6) is 5.75 Å². The van der Waals surface area contributed by atoms with Crippen LogP contribution in [0.3, 0.4) is 0 Å². The third-order valence-electron chi connectivity index (χ3n) is 1.61. The summed E-state index contributed by atoms with van der Waals surface area (Å²) in [5.41, 5.74) is 6.64. The average Bonchev–Trinajstić information content (AvgIpc) is 2.08. The molecule has 0 aliphatic carbocycles. The Bertz CT molecular complexity index is 286. The van der Waals surface area contributed by atoms with Gasteiger partial charge in [0.2, 0.25) is 0 Å². The summed E-state index contributed by atoms with van der Waals surface area (Å²) >= 11 is 1.75. The Balaban J connectivity index is 2.94. The van der Waals surface area contributed by atoms with Crippen molar-refractivity contribution < 1.29 is 4.74 Å². The van der Waals surface area contributed by atoms with E-state index in [0.29, 0.717) is 5.25 Å². The molecule has 3 heteroatoms. The van der Waals surface area contributed by atoms with Crippen LogP contribution in [-0.2, 0) is 0 Å². The number of anilines is 1. The molecule has 1 aromatic rings. The Hall–Kier alpha value is -0.830. The Labute approximate surface area is 83.5 Å². The van der Waals surface area contributed by atoms with E-state index in [1.807, 2.05) is 18.2 Å². The van der Waals surface area contributed by atoms with E-state index in [-0.39, 0.29) is 0 Å². The van der Waals surface area contributed by atoms with Crippen LogP contribution in [0.4, 0.5) is 5.69 Å². The fraction of sp³-hybridized carbons (Fsp3) is 0.400. The van der Waals surface area contributed by atoms with Crippen LogP contribution in [0.2, 0.25) is 0 Å². The van der Waals surface area contributed by atoms with Gasteiger partial charge in [0.05, 0.1) is 12.8 Å². The Morgan fingerprint density at radius 2 is 2.08 bits per heavy atom. The maximum atomic E-state index is 5.90. The summed E-state index contributed by atoms with van der Waals surface area (Å²) in [6.45, 7) is 4.28. The molecule has 0 heterocycles. The van der Waals surface area contributed by atoms with Crippen molar-refractivity contribution in [2.24, 2.45) is 0 Å². The van der Waals surface area contributed by atoms with Crippen molar-refractivity contribution in [1.82, 2.24) is 0 Å². The minimum absolute atomic E-state index is 0.536. The summed E-state index contributed by atoms with van der Waals surface area (Å²) < 4.78 is 5.13. The normalized spacial score (nSPS) is 10.5. The molecule has 1 rings (SSSR count). The average molecular weight is 197 g/mol. The number of nitrogen functional groups attached to an aromatic ring is 1. The van der Waals surface area contributed by atoms with Gasteiger partial charge in [0.1, 0.15) is 5.75 Å². The summed E-state index contributed by atoms with van der Waals surface area (Å²) in [7, 11) is 1.63. The van der Waals surface area contributed by atoms with Crippen LogP contribution in [-0.4, -0.2) is 12.4 Å². The monoisotopic (exact) mass is 197 g/mol. The van der Waals surface area contributed by atoms with Crippen LogP contribution < -0.4 is 10.5 Å². The van der Waals surface area contributed by atoms with Gasteiger partial charge in [-0.3, -0.25) is 0 Å². The second kappa shape index (κ2) is 4.42. The highest BCUT2D eigenvalue weighted by molar-refractivity contribution is 8.00. The molecule has 13 heavy (non-hydrogen) atoms. The van der Waals surface area contributed by atoms with Crippen molar-refractivity contribution in [1.29, 1.82) is 0 Å². The minimum atomic E-state index is 0.536. The fourth-order valence-corrected chi connectivity index (χ4v) is 1.95. The lowest BCUT2D eigenvalue weighted by Gasteiger charge is -2.10. The van der Waals surface area contributed by atoms with E-state index in [2.05, 4.69) is 13.8 Å².